The second kappa shape index (κ2) is 10.7. The first-order valence-corrected chi connectivity index (χ1v) is 11.3. The summed E-state index contributed by atoms with van der Waals surface area (Å²) in [5, 5.41) is 3.35. The predicted octanol–water partition coefficient (Wildman–Crippen LogP) is 2.57. The van der Waals surface area contributed by atoms with E-state index in [1.54, 1.807) is 37.3 Å². The van der Waals surface area contributed by atoms with Gasteiger partial charge in [-0.25, -0.2) is 4.79 Å². The van der Waals surface area contributed by atoms with Crippen LogP contribution in [-0.4, -0.2) is 81.6 Å². The van der Waals surface area contributed by atoms with Crippen molar-refractivity contribution in [2.45, 2.75) is 13.8 Å². The van der Waals surface area contributed by atoms with Gasteiger partial charge in [0.1, 0.15) is 16.5 Å². The number of esters is 1. The molecule has 1 aromatic carbocycles. The van der Waals surface area contributed by atoms with Crippen LogP contribution in [0.1, 0.15) is 31.2 Å². The molecule has 1 aromatic heterocycles. The van der Waals surface area contributed by atoms with Gasteiger partial charge in [0, 0.05) is 42.7 Å². The average Bonchev–Trinajstić information content (AvgIpc) is 3.10. The second-order valence-corrected chi connectivity index (χ2v) is 8.92. The summed E-state index contributed by atoms with van der Waals surface area (Å²) in [5.41, 5.74) is 1.71. The number of benzene rings is 1. The maximum absolute atomic E-state index is 12.9. The number of ether oxygens (including phenoxy) is 3. The molecule has 0 radical (unpaired) electrons. The third-order valence-corrected chi connectivity index (χ3v) is 6.78. The number of anilines is 1. The first-order valence-electron chi connectivity index (χ1n) is 10.5. The van der Waals surface area contributed by atoms with E-state index in [1.807, 2.05) is 18.7 Å². The lowest BCUT2D eigenvalue weighted by molar-refractivity contribution is -0.117. The Balaban J connectivity index is 1.58. The van der Waals surface area contributed by atoms with E-state index in [4.69, 9.17) is 14.2 Å². The summed E-state index contributed by atoms with van der Waals surface area (Å²) in [6.45, 7) is 6.02. The highest BCUT2D eigenvalue weighted by molar-refractivity contribution is 7.16. The molecule has 1 saturated heterocycles. The van der Waals surface area contributed by atoms with Crippen molar-refractivity contribution in [2.75, 3.05) is 59.4 Å². The van der Waals surface area contributed by atoms with E-state index in [1.165, 1.54) is 18.4 Å². The molecule has 1 aliphatic rings. The van der Waals surface area contributed by atoms with Gasteiger partial charge in [-0.2, -0.15) is 0 Å². The minimum Gasteiger partial charge on any atom is -0.497 e. The molecule has 9 nitrogen and oxygen atoms in total. The Hall–Kier alpha value is -3.11. The SMILES string of the molecule is COC(=O)c1c(NC(=O)CN2CCN(C(=O)c3cc(OC)cc(OC)c3)CC2)sc(C)c1C. The van der Waals surface area contributed by atoms with E-state index < -0.39 is 5.97 Å². The normalized spacial score (nSPS) is 14.0. The van der Waals surface area contributed by atoms with Gasteiger partial charge >= 0.3 is 5.97 Å². The molecule has 0 spiro atoms. The van der Waals surface area contributed by atoms with E-state index in [-0.39, 0.29) is 18.4 Å². The van der Waals surface area contributed by atoms with Crippen LogP contribution >= 0.6 is 11.3 Å². The fourth-order valence-corrected chi connectivity index (χ4v) is 4.72. The Morgan fingerprint density at radius 2 is 1.58 bits per heavy atom. The largest absolute Gasteiger partial charge is 0.497 e. The Kier molecular flexibility index (Phi) is 7.93. The van der Waals surface area contributed by atoms with Crippen LogP contribution in [0.4, 0.5) is 5.00 Å². The average molecular weight is 476 g/mol. The Labute approximate surface area is 197 Å². The van der Waals surface area contributed by atoms with Crippen LogP contribution < -0.4 is 14.8 Å². The highest BCUT2D eigenvalue weighted by Crippen LogP contribution is 2.33. The molecule has 10 heteroatoms. The molecule has 2 aromatic rings. The van der Waals surface area contributed by atoms with Crippen molar-refractivity contribution in [3.05, 3.63) is 39.8 Å². The van der Waals surface area contributed by atoms with E-state index in [9.17, 15) is 14.4 Å². The molecule has 0 bridgehead atoms. The zero-order valence-electron chi connectivity index (χ0n) is 19.5. The topological polar surface area (TPSA) is 97.4 Å². The molecule has 0 atom stereocenters. The third-order valence-electron chi connectivity index (χ3n) is 5.65. The van der Waals surface area contributed by atoms with E-state index in [0.29, 0.717) is 53.8 Å². The van der Waals surface area contributed by atoms with Gasteiger partial charge < -0.3 is 24.4 Å². The van der Waals surface area contributed by atoms with Gasteiger partial charge in [0.25, 0.3) is 5.91 Å². The zero-order valence-corrected chi connectivity index (χ0v) is 20.3. The molecule has 0 unspecified atom stereocenters. The van der Waals surface area contributed by atoms with Gasteiger partial charge in [0.05, 0.1) is 33.4 Å². The highest BCUT2D eigenvalue weighted by atomic mass is 32.1. The molecule has 178 valence electrons. The van der Waals surface area contributed by atoms with Gasteiger partial charge in [0.15, 0.2) is 0 Å². The first-order chi connectivity index (χ1) is 15.8. The molecule has 1 aliphatic heterocycles. The van der Waals surface area contributed by atoms with Crippen LogP contribution in [0.3, 0.4) is 0 Å². The summed E-state index contributed by atoms with van der Waals surface area (Å²) in [5.74, 6) is 0.326. The lowest BCUT2D eigenvalue weighted by atomic mass is 10.1. The van der Waals surface area contributed by atoms with Crippen molar-refractivity contribution < 1.29 is 28.6 Å². The Morgan fingerprint density at radius 3 is 2.12 bits per heavy atom. The summed E-state index contributed by atoms with van der Waals surface area (Å²) in [6.07, 6.45) is 0. The van der Waals surface area contributed by atoms with Crippen molar-refractivity contribution in [3.8, 4) is 11.5 Å². The van der Waals surface area contributed by atoms with Crippen LogP contribution in [0.15, 0.2) is 18.2 Å². The third kappa shape index (κ3) is 5.63. The number of nitrogens with zero attached hydrogens (tertiary/aromatic N) is 2. The minimum absolute atomic E-state index is 0.108. The van der Waals surface area contributed by atoms with Gasteiger partial charge in [-0.1, -0.05) is 0 Å². The molecular weight excluding hydrogens is 446 g/mol. The van der Waals surface area contributed by atoms with Crippen molar-refractivity contribution in [2.24, 2.45) is 0 Å². The quantitative estimate of drug-likeness (QED) is 0.615. The number of amides is 2. The number of piperazine rings is 1. The van der Waals surface area contributed by atoms with Crippen molar-refractivity contribution >= 4 is 34.1 Å². The van der Waals surface area contributed by atoms with Crippen LogP contribution in [-0.2, 0) is 9.53 Å². The highest BCUT2D eigenvalue weighted by Gasteiger charge is 2.26. The van der Waals surface area contributed by atoms with Crippen LogP contribution in [0.25, 0.3) is 0 Å². The molecule has 2 amide bonds. The van der Waals surface area contributed by atoms with Crippen LogP contribution in [0.2, 0.25) is 0 Å². The van der Waals surface area contributed by atoms with Gasteiger partial charge in [-0.15, -0.1) is 11.3 Å². The zero-order chi connectivity index (χ0) is 24.1. The molecule has 1 N–H and O–H groups in total. The number of hydrogen-bond acceptors (Lipinski definition) is 8. The number of nitrogens with one attached hydrogen (secondary N) is 1. The number of methoxy groups -OCH3 is 3. The Morgan fingerprint density at radius 1 is 0.970 bits per heavy atom. The fourth-order valence-electron chi connectivity index (χ4n) is 3.65. The predicted molar refractivity (Wildman–Crippen MR) is 126 cm³/mol. The standard InChI is InChI=1S/C23H29N3O6S/c1-14-15(2)33-21(20(14)23(29)32-5)24-19(27)13-25-6-8-26(9-7-25)22(28)16-10-17(30-3)12-18(11-16)31-4/h10-12H,6-9,13H2,1-5H3,(H,24,27). The number of hydrogen-bond donors (Lipinski definition) is 1. The van der Waals surface area contributed by atoms with Gasteiger partial charge in [-0.05, 0) is 31.5 Å². The van der Waals surface area contributed by atoms with E-state index in [0.717, 1.165) is 10.4 Å². The summed E-state index contributed by atoms with van der Waals surface area (Å²) < 4.78 is 15.4. The number of carbonyl (C=O) groups excluding carboxylic acids is 3. The van der Waals surface area contributed by atoms with Crippen molar-refractivity contribution in [3.63, 3.8) is 0 Å². The van der Waals surface area contributed by atoms with E-state index >= 15 is 0 Å². The smallest absolute Gasteiger partial charge is 0.341 e. The lowest BCUT2D eigenvalue weighted by Gasteiger charge is -2.34. The summed E-state index contributed by atoms with van der Waals surface area (Å²) >= 11 is 1.36. The summed E-state index contributed by atoms with van der Waals surface area (Å²) in [4.78, 5) is 42.4. The molecule has 3 rings (SSSR count). The van der Waals surface area contributed by atoms with E-state index in [2.05, 4.69) is 5.32 Å². The first kappa shape index (κ1) is 24.5. The molecule has 0 saturated carbocycles. The molecule has 0 aliphatic carbocycles. The number of aryl methyl sites for hydroxylation is 1. The molecule has 33 heavy (non-hydrogen) atoms. The second-order valence-electron chi connectivity index (χ2n) is 7.70. The fraction of sp³-hybridized carbons (Fsp3) is 0.435. The summed E-state index contributed by atoms with van der Waals surface area (Å²) in [6, 6.07) is 5.10. The Bertz CT molecular complexity index is 1020. The lowest BCUT2D eigenvalue weighted by Crippen LogP contribution is -2.50. The minimum atomic E-state index is -0.464. The van der Waals surface area contributed by atoms with Gasteiger partial charge in [-0.3, -0.25) is 14.5 Å². The number of thiophene rings is 1. The summed E-state index contributed by atoms with van der Waals surface area (Å²) in [7, 11) is 4.41. The van der Waals surface area contributed by atoms with Crippen LogP contribution in [0, 0.1) is 13.8 Å². The monoisotopic (exact) mass is 475 g/mol. The number of carbonyl (C=O) groups is 3. The molecular formula is C23H29N3O6S. The van der Waals surface area contributed by atoms with Crippen molar-refractivity contribution in [1.29, 1.82) is 0 Å². The maximum atomic E-state index is 12.9. The van der Waals surface area contributed by atoms with Crippen molar-refractivity contribution in [1.82, 2.24) is 9.80 Å². The number of rotatable bonds is 7. The van der Waals surface area contributed by atoms with Gasteiger partial charge in [0.2, 0.25) is 5.91 Å². The maximum Gasteiger partial charge on any atom is 0.341 e. The molecule has 1 fully saturated rings. The van der Waals surface area contributed by atoms with Crippen LogP contribution in [0.5, 0.6) is 11.5 Å². The molecule has 2 heterocycles.